The molecule has 3 aromatic heterocycles. The van der Waals surface area contributed by atoms with Gasteiger partial charge in [-0.15, -0.1) is 0 Å². The molecule has 0 aliphatic heterocycles. The number of aromatic nitrogens is 3. The Balaban J connectivity index is 0.965. The molecule has 0 saturated heterocycles. The minimum absolute atomic E-state index is 0.0386. The summed E-state index contributed by atoms with van der Waals surface area (Å²) in [5.74, 6) is 0. The zero-order chi connectivity index (χ0) is 49.3. The third kappa shape index (κ3) is 5.71. The first-order valence-corrected chi connectivity index (χ1v) is 26.0. The predicted molar refractivity (Wildman–Crippen MR) is 309 cm³/mol. The van der Waals surface area contributed by atoms with Gasteiger partial charge in [-0.1, -0.05) is 182 Å². The highest BCUT2D eigenvalue weighted by molar-refractivity contribution is 6.20. The van der Waals surface area contributed by atoms with Crippen LogP contribution in [0.1, 0.15) is 76.3 Å². The van der Waals surface area contributed by atoms with Crippen molar-refractivity contribution >= 4 is 65.4 Å². The van der Waals surface area contributed by atoms with Gasteiger partial charge in [-0.25, -0.2) is 0 Å². The van der Waals surface area contributed by atoms with Crippen LogP contribution in [0.15, 0.2) is 206 Å². The summed E-state index contributed by atoms with van der Waals surface area (Å²) in [6.45, 7) is 16.9. The molecule has 0 amide bonds. The molecule has 0 atom stereocenters. The molecule has 0 spiro atoms. The van der Waals surface area contributed by atoms with Crippen molar-refractivity contribution < 1.29 is 0 Å². The maximum Gasteiger partial charge on any atom is 0.0547 e. The van der Waals surface area contributed by atoms with Crippen molar-refractivity contribution in [1.29, 1.82) is 0 Å². The average molecular weight is 938 g/mol. The van der Waals surface area contributed by atoms with Crippen LogP contribution in [0.2, 0.25) is 0 Å². The number of hydrogen-bond acceptors (Lipinski definition) is 0. The van der Waals surface area contributed by atoms with E-state index in [2.05, 4.69) is 268 Å². The molecule has 350 valence electrons. The van der Waals surface area contributed by atoms with Gasteiger partial charge in [-0.05, 0) is 139 Å². The van der Waals surface area contributed by atoms with E-state index in [1.165, 1.54) is 132 Å². The zero-order valence-electron chi connectivity index (χ0n) is 42.5. The summed E-state index contributed by atoms with van der Waals surface area (Å²) in [4.78, 5) is 0. The van der Waals surface area contributed by atoms with E-state index in [0.29, 0.717) is 0 Å². The summed E-state index contributed by atoms with van der Waals surface area (Å²) in [6.07, 6.45) is 0. The number of hydrogen-bond donors (Lipinski definition) is 0. The number of nitrogens with zero attached hydrogens (tertiary/aromatic N) is 3. The minimum Gasteiger partial charge on any atom is -0.309 e. The Morgan fingerprint density at radius 3 is 1.49 bits per heavy atom. The summed E-state index contributed by atoms with van der Waals surface area (Å²) in [5, 5.41) is 7.86. The molecule has 13 aromatic rings. The van der Waals surface area contributed by atoms with Gasteiger partial charge >= 0.3 is 0 Å². The van der Waals surface area contributed by atoms with Gasteiger partial charge in [0.2, 0.25) is 0 Å². The Kier molecular flexibility index (Phi) is 8.47. The lowest BCUT2D eigenvalue weighted by molar-refractivity contribution is 0.553. The molecule has 2 aliphatic rings. The molecular formula is C70H55N3. The summed E-state index contributed by atoms with van der Waals surface area (Å²) >= 11 is 0. The van der Waals surface area contributed by atoms with E-state index in [1.807, 2.05) is 0 Å². The molecule has 4 bridgehead atoms. The monoisotopic (exact) mass is 937 g/mol. The van der Waals surface area contributed by atoms with Crippen molar-refractivity contribution in [2.24, 2.45) is 0 Å². The smallest absolute Gasteiger partial charge is 0.0547 e. The fraction of sp³-hybridized carbons (Fsp3) is 0.143. The second-order valence-electron chi connectivity index (χ2n) is 22.9. The Hall–Kier alpha value is -8.40. The highest BCUT2D eigenvalue weighted by Gasteiger charge is 2.37. The summed E-state index contributed by atoms with van der Waals surface area (Å²) in [5.41, 5.74) is 24.5. The molecule has 0 saturated carbocycles. The van der Waals surface area contributed by atoms with Crippen LogP contribution in [0.5, 0.6) is 0 Å². The van der Waals surface area contributed by atoms with Crippen LogP contribution in [0.4, 0.5) is 0 Å². The van der Waals surface area contributed by atoms with Crippen LogP contribution in [0.25, 0.3) is 116 Å². The van der Waals surface area contributed by atoms with E-state index in [4.69, 9.17) is 0 Å². The third-order valence-electron chi connectivity index (χ3n) is 17.1. The van der Waals surface area contributed by atoms with Crippen molar-refractivity contribution in [3.63, 3.8) is 0 Å². The molecule has 73 heavy (non-hydrogen) atoms. The van der Waals surface area contributed by atoms with E-state index in [0.717, 1.165) is 11.4 Å². The van der Waals surface area contributed by atoms with Gasteiger partial charge in [0, 0.05) is 54.5 Å². The topological polar surface area (TPSA) is 14.8 Å². The predicted octanol–water partition coefficient (Wildman–Crippen LogP) is 18.6. The van der Waals surface area contributed by atoms with E-state index in [-0.39, 0.29) is 10.8 Å². The molecule has 3 heterocycles. The minimum atomic E-state index is -0.421. The summed E-state index contributed by atoms with van der Waals surface area (Å²) < 4.78 is 7.55. The van der Waals surface area contributed by atoms with Crippen LogP contribution in [-0.2, 0) is 16.2 Å². The molecule has 0 N–H and O–H groups in total. The van der Waals surface area contributed by atoms with Gasteiger partial charge in [0.1, 0.15) is 0 Å². The van der Waals surface area contributed by atoms with Gasteiger partial charge in [0.05, 0.1) is 38.8 Å². The van der Waals surface area contributed by atoms with E-state index in [9.17, 15) is 0 Å². The zero-order valence-corrected chi connectivity index (χ0v) is 42.5. The van der Waals surface area contributed by atoms with E-state index >= 15 is 0 Å². The summed E-state index contributed by atoms with van der Waals surface area (Å²) in [7, 11) is 0. The normalized spacial score (nSPS) is 14.5. The molecule has 0 unspecified atom stereocenters. The Morgan fingerprint density at radius 1 is 0.329 bits per heavy atom. The van der Waals surface area contributed by atoms with Crippen molar-refractivity contribution in [2.45, 2.75) is 64.7 Å². The summed E-state index contributed by atoms with van der Waals surface area (Å²) in [6, 6.07) is 78.3. The van der Waals surface area contributed by atoms with Crippen LogP contribution >= 0.6 is 0 Å². The first-order valence-electron chi connectivity index (χ1n) is 26.0. The van der Waals surface area contributed by atoms with Crippen molar-refractivity contribution in [3.05, 3.63) is 234 Å². The first kappa shape index (κ1) is 42.3. The molecule has 3 heteroatoms. The van der Waals surface area contributed by atoms with E-state index in [1.54, 1.807) is 0 Å². The van der Waals surface area contributed by atoms with E-state index < -0.39 is 5.41 Å². The molecular weight excluding hydrogens is 883 g/mol. The first-order chi connectivity index (χ1) is 35.4. The second kappa shape index (κ2) is 14.6. The average Bonchev–Trinajstić information content (AvgIpc) is 4.06. The molecule has 0 radical (unpaired) electrons. The number of benzene rings is 10. The number of para-hydroxylation sites is 3. The molecule has 0 fully saturated rings. The van der Waals surface area contributed by atoms with Crippen molar-refractivity contribution in [2.75, 3.05) is 0 Å². The molecule has 2 aliphatic carbocycles. The SMILES string of the molecule is CC(C)(C)c1ccc2c3c1C(C)(C)c1cccc(c1)-c1cccc(c13)n2-c1ccc(-c2cc3cc(c2)C(C)(C)c2c(-n4c5ccccc5c5ccccc54)ccc4c2c2c-3cccc2n4-c2ccccc2)cc1. The van der Waals surface area contributed by atoms with Crippen LogP contribution in [0.3, 0.4) is 0 Å². The standard InChI is InChI=1S/C70H55N3/c1-68(2,3)54-34-35-59-64-62-50(43-18-15-19-46(39-43)69(4,5)66(54)64)24-16-28-57(62)72(59)49-32-30-42(31-33-49)44-38-45-41-47(40-44)70(6,7)67-61(73-55-26-13-11-22-52(55)53-23-12-14-27-56(53)73)37-36-60-65(67)63-51(45)25-17-29-58(63)71(60)48-20-9-8-10-21-48/h8-41H,1-7H3. The largest absolute Gasteiger partial charge is 0.309 e. The Bertz CT molecular complexity index is 4450. The van der Waals surface area contributed by atoms with Crippen molar-refractivity contribution in [3.8, 4) is 50.4 Å². The third-order valence-corrected chi connectivity index (χ3v) is 17.1. The van der Waals surface area contributed by atoms with Crippen LogP contribution in [-0.4, -0.2) is 13.7 Å². The number of rotatable bonds is 4. The van der Waals surface area contributed by atoms with Gasteiger partial charge in [0.25, 0.3) is 0 Å². The highest BCUT2D eigenvalue weighted by Crippen LogP contribution is 2.53. The van der Waals surface area contributed by atoms with Crippen LogP contribution < -0.4 is 0 Å². The maximum atomic E-state index is 2.54. The van der Waals surface area contributed by atoms with Crippen molar-refractivity contribution in [1.82, 2.24) is 13.7 Å². The molecule has 3 nitrogen and oxygen atoms in total. The fourth-order valence-corrected chi connectivity index (χ4v) is 13.7. The Labute approximate surface area is 426 Å². The fourth-order valence-electron chi connectivity index (χ4n) is 13.7. The lowest BCUT2D eigenvalue weighted by Gasteiger charge is -2.35. The number of fused-ring (bicyclic) bond motifs is 9. The van der Waals surface area contributed by atoms with Crippen LogP contribution in [0, 0.1) is 0 Å². The van der Waals surface area contributed by atoms with Gasteiger partial charge in [-0.2, -0.15) is 0 Å². The quantitative estimate of drug-likeness (QED) is 0.167. The van der Waals surface area contributed by atoms with Gasteiger partial charge in [-0.3, -0.25) is 0 Å². The lowest BCUT2D eigenvalue weighted by Crippen LogP contribution is -2.26. The lowest BCUT2D eigenvalue weighted by atomic mass is 9.68. The Morgan fingerprint density at radius 2 is 0.836 bits per heavy atom. The van der Waals surface area contributed by atoms with Gasteiger partial charge < -0.3 is 13.7 Å². The van der Waals surface area contributed by atoms with Gasteiger partial charge in [0.15, 0.2) is 0 Å². The molecule has 10 aromatic carbocycles. The highest BCUT2D eigenvalue weighted by atomic mass is 15.0. The molecule has 15 rings (SSSR count). The maximum absolute atomic E-state index is 2.54. The second-order valence-corrected chi connectivity index (χ2v) is 22.9.